The summed E-state index contributed by atoms with van der Waals surface area (Å²) in [7, 11) is -3.45. The second-order valence-corrected chi connectivity index (χ2v) is 6.81. The van der Waals surface area contributed by atoms with Crippen molar-refractivity contribution in [2.45, 2.75) is 24.3 Å². The van der Waals surface area contributed by atoms with Crippen molar-refractivity contribution in [3.8, 4) is 11.4 Å². The molecule has 3 rings (SSSR count). The quantitative estimate of drug-likeness (QED) is 0.930. The second kappa shape index (κ2) is 4.97. The number of anilines is 1. The van der Waals surface area contributed by atoms with Crippen LogP contribution in [0.2, 0.25) is 0 Å². The third kappa shape index (κ3) is 3.06. The molecule has 1 saturated carbocycles. The van der Waals surface area contributed by atoms with E-state index in [1.54, 1.807) is 0 Å². The molecule has 1 N–H and O–H groups in total. The molecular formula is C12H10F3N3O3S. The van der Waals surface area contributed by atoms with Crippen LogP contribution < -0.4 is 4.72 Å². The Morgan fingerprint density at radius 1 is 1.27 bits per heavy atom. The van der Waals surface area contributed by atoms with E-state index in [1.165, 1.54) is 24.3 Å². The third-order valence-electron chi connectivity index (χ3n) is 3.01. The molecule has 0 bridgehead atoms. The van der Waals surface area contributed by atoms with Crippen molar-refractivity contribution in [3.05, 3.63) is 30.2 Å². The fraction of sp³-hybridized carbons (Fsp3) is 0.333. The summed E-state index contributed by atoms with van der Waals surface area (Å²) in [6.45, 7) is 0. The van der Waals surface area contributed by atoms with Gasteiger partial charge in [0.25, 0.3) is 0 Å². The molecule has 6 nitrogen and oxygen atoms in total. The van der Waals surface area contributed by atoms with Crippen LogP contribution in [0.15, 0.2) is 28.8 Å². The Labute approximate surface area is 123 Å². The van der Waals surface area contributed by atoms with Gasteiger partial charge >= 0.3 is 12.1 Å². The van der Waals surface area contributed by atoms with Gasteiger partial charge < -0.3 is 4.52 Å². The zero-order valence-electron chi connectivity index (χ0n) is 11.0. The minimum absolute atomic E-state index is 0.218. The highest BCUT2D eigenvalue weighted by Gasteiger charge is 2.38. The number of nitrogens with zero attached hydrogens (tertiary/aromatic N) is 2. The molecule has 0 atom stereocenters. The molecule has 0 saturated heterocycles. The van der Waals surface area contributed by atoms with Crippen molar-refractivity contribution in [1.82, 2.24) is 10.1 Å². The molecule has 1 aliphatic rings. The predicted octanol–water partition coefficient (Wildman–Crippen LogP) is 2.66. The average molecular weight is 333 g/mol. The maximum atomic E-state index is 12.4. The molecular weight excluding hydrogens is 323 g/mol. The summed E-state index contributed by atoms with van der Waals surface area (Å²) in [4.78, 5) is 3.26. The molecule has 118 valence electrons. The van der Waals surface area contributed by atoms with E-state index in [2.05, 4.69) is 19.4 Å². The first-order valence-corrected chi connectivity index (χ1v) is 7.83. The molecule has 1 heterocycles. The van der Waals surface area contributed by atoms with Crippen molar-refractivity contribution in [2.24, 2.45) is 0 Å². The molecule has 0 aliphatic heterocycles. The normalized spacial score (nSPS) is 15.8. The maximum absolute atomic E-state index is 12.4. The molecule has 1 fully saturated rings. The maximum Gasteiger partial charge on any atom is 0.471 e. The van der Waals surface area contributed by atoms with Crippen LogP contribution in [-0.2, 0) is 16.2 Å². The van der Waals surface area contributed by atoms with Gasteiger partial charge in [-0.25, -0.2) is 8.42 Å². The van der Waals surface area contributed by atoms with E-state index in [0.29, 0.717) is 12.8 Å². The average Bonchev–Trinajstić information content (AvgIpc) is 3.15. The largest absolute Gasteiger partial charge is 0.471 e. The molecule has 0 amide bonds. The van der Waals surface area contributed by atoms with Gasteiger partial charge in [0.2, 0.25) is 15.8 Å². The van der Waals surface area contributed by atoms with E-state index in [1.807, 2.05) is 0 Å². The number of benzene rings is 1. The van der Waals surface area contributed by atoms with Gasteiger partial charge in [-0.2, -0.15) is 18.2 Å². The van der Waals surface area contributed by atoms with Crippen molar-refractivity contribution < 1.29 is 26.1 Å². The van der Waals surface area contributed by atoms with E-state index in [0.717, 1.165) is 0 Å². The number of hydrogen-bond donors (Lipinski definition) is 1. The smallest absolute Gasteiger partial charge is 0.329 e. The van der Waals surface area contributed by atoms with Crippen molar-refractivity contribution in [1.29, 1.82) is 0 Å². The predicted molar refractivity (Wildman–Crippen MR) is 70.3 cm³/mol. The topological polar surface area (TPSA) is 85.1 Å². The monoisotopic (exact) mass is 333 g/mol. The SMILES string of the molecule is O=S(=O)(Nc1cccc(-c2noc(C(F)(F)F)n2)c1)C1CC1. The summed E-state index contributed by atoms with van der Waals surface area (Å²) in [5.41, 5.74) is 0.456. The molecule has 0 radical (unpaired) electrons. The first-order chi connectivity index (χ1) is 10.3. The zero-order valence-corrected chi connectivity index (χ0v) is 11.8. The van der Waals surface area contributed by atoms with Crippen LogP contribution in [0.1, 0.15) is 18.7 Å². The molecule has 0 spiro atoms. The van der Waals surface area contributed by atoms with Gasteiger partial charge in [-0.15, -0.1) is 0 Å². The zero-order chi connectivity index (χ0) is 16.0. The molecule has 1 aliphatic carbocycles. The molecule has 0 unspecified atom stereocenters. The Balaban J connectivity index is 1.86. The standard InChI is InChI=1S/C12H10F3N3O3S/c13-12(14,15)11-16-10(17-21-11)7-2-1-3-8(6-7)18-22(19,20)9-4-5-9/h1-3,6,9,18H,4-5H2. The van der Waals surface area contributed by atoms with Crippen LogP contribution in [0.5, 0.6) is 0 Å². The molecule has 2 aromatic rings. The van der Waals surface area contributed by atoms with Gasteiger partial charge in [-0.3, -0.25) is 4.72 Å². The lowest BCUT2D eigenvalue weighted by Crippen LogP contribution is -2.17. The molecule has 10 heteroatoms. The van der Waals surface area contributed by atoms with Crippen LogP contribution in [-0.4, -0.2) is 23.8 Å². The Morgan fingerprint density at radius 2 is 2.00 bits per heavy atom. The van der Waals surface area contributed by atoms with E-state index in [4.69, 9.17) is 0 Å². The molecule has 22 heavy (non-hydrogen) atoms. The fourth-order valence-corrected chi connectivity index (χ4v) is 3.18. The number of halogens is 3. The van der Waals surface area contributed by atoms with Gasteiger partial charge in [0.05, 0.1) is 5.25 Å². The number of alkyl halides is 3. The van der Waals surface area contributed by atoms with Crippen molar-refractivity contribution in [2.75, 3.05) is 4.72 Å². The number of nitrogens with one attached hydrogen (secondary N) is 1. The van der Waals surface area contributed by atoms with E-state index in [-0.39, 0.29) is 17.1 Å². The van der Waals surface area contributed by atoms with Crippen LogP contribution in [0.4, 0.5) is 18.9 Å². The third-order valence-corrected chi connectivity index (χ3v) is 4.88. The Bertz CT molecular complexity index is 797. The number of sulfonamides is 1. The minimum atomic E-state index is -4.73. The number of rotatable bonds is 4. The van der Waals surface area contributed by atoms with Crippen molar-refractivity contribution in [3.63, 3.8) is 0 Å². The summed E-state index contributed by atoms with van der Waals surface area (Å²) in [5, 5.41) is 2.85. The van der Waals surface area contributed by atoms with E-state index >= 15 is 0 Å². The lowest BCUT2D eigenvalue weighted by Gasteiger charge is -2.07. The first kappa shape index (κ1) is 14.8. The van der Waals surface area contributed by atoms with Gasteiger partial charge in [0.15, 0.2) is 0 Å². The number of aromatic nitrogens is 2. The summed E-state index contributed by atoms with van der Waals surface area (Å²) < 4.78 is 67.5. The van der Waals surface area contributed by atoms with Gasteiger partial charge in [-0.1, -0.05) is 17.3 Å². The highest BCUT2D eigenvalue weighted by Crippen LogP contribution is 2.32. The van der Waals surface area contributed by atoms with Crippen LogP contribution >= 0.6 is 0 Å². The van der Waals surface area contributed by atoms with Gasteiger partial charge in [0.1, 0.15) is 0 Å². The van der Waals surface area contributed by atoms with Crippen LogP contribution in [0, 0.1) is 0 Å². The first-order valence-electron chi connectivity index (χ1n) is 6.29. The molecule has 1 aromatic heterocycles. The second-order valence-electron chi connectivity index (χ2n) is 4.85. The lowest BCUT2D eigenvalue weighted by molar-refractivity contribution is -0.159. The van der Waals surface area contributed by atoms with Crippen molar-refractivity contribution >= 4 is 15.7 Å². The summed E-state index contributed by atoms with van der Waals surface area (Å²) in [6.07, 6.45) is -3.51. The van der Waals surface area contributed by atoms with Crippen LogP contribution in [0.3, 0.4) is 0 Å². The van der Waals surface area contributed by atoms with Gasteiger partial charge in [-0.05, 0) is 25.0 Å². The number of hydrogen-bond acceptors (Lipinski definition) is 5. The van der Waals surface area contributed by atoms with Gasteiger partial charge in [0, 0.05) is 11.3 Å². The Hall–Kier alpha value is -2.10. The summed E-state index contributed by atoms with van der Waals surface area (Å²) >= 11 is 0. The Kier molecular flexibility index (Phi) is 3.35. The highest BCUT2D eigenvalue weighted by molar-refractivity contribution is 7.93. The summed E-state index contributed by atoms with van der Waals surface area (Å²) in [6, 6.07) is 5.79. The molecule has 1 aromatic carbocycles. The highest BCUT2D eigenvalue weighted by atomic mass is 32.2. The van der Waals surface area contributed by atoms with Crippen LogP contribution in [0.25, 0.3) is 11.4 Å². The fourth-order valence-electron chi connectivity index (χ4n) is 1.80. The summed E-state index contributed by atoms with van der Waals surface area (Å²) in [5.74, 6) is -1.72. The lowest BCUT2D eigenvalue weighted by atomic mass is 10.2. The van der Waals surface area contributed by atoms with E-state index in [9.17, 15) is 21.6 Å². The van der Waals surface area contributed by atoms with E-state index < -0.39 is 27.3 Å². The minimum Gasteiger partial charge on any atom is -0.329 e. The Morgan fingerprint density at radius 3 is 2.59 bits per heavy atom.